The lowest BCUT2D eigenvalue weighted by Gasteiger charge is -2.19. The summed E-state index contributed by atoms with van der Waals surface area (Å²) in [4.78, 5) is 19.6. The van der Waals surface area contributed by atoms with Gasteiger partial charge in [-0.2, -0.15) is 0 Å². The van der Waals surface area contributed by atoms with Crippen LogP contribution in [0.4, 0.5) is 0 Å². The first kappa shape index (κ1) is 14.9. The molecule has 4 rings (SSSR count). The van der Waals surface area contributed by atoms with E-state index < -0.39 is 0 Å². The maximum Gasteiger partial charge on any atom is 0.251 e. The van der Waals surface area contributed by atoms with Crippen LogP contribution in [0, 0.1) is 5.92 Å². The number of hydrogen-bond acceptors (Lipinski definition) is 3. The molecule has 2 unspecified atom stereocenters. The Morgan fingerprint density at radius 1 is 1.25 bits per heavy atom. The van der Waals surface area contributed by atoms with Gasteiger partial charge in [0.15, 0.2) is 0 Å². The molecule has 3 aromatic rings. The average Bonchev–Trinajstić information content (AvgIpc) is 3.28. The first-order valence-electron chi connectivity index (χ1n) is 8.19. The van der Waals surface area contributed by atoms with Crippen LogP contribution in [0.15, 0.2) is 54.9 Å². The van der Waals surface area contributed by atoms with Gasteiger partial charge in [0.05, 0.1) is 23.5 Å². The van der Waals surface area contributed by atoms with E-state index in [4.69, 9.17) is 4.74 Å². The summed E-state index contributed by atoms with van der Waals surface area (Å²) in [6, 6.07) is 15.7. The summed E-state index contributed by atoms with van der Waals surface area (Å²) in [5, 5.41) is 3.04. The Kier molecular flexibility index (Phi) is 4.01. The van der Waals surface area contributed by atoms with E-state index in [1.165, 1.54) is 5.56 Å². The molecule has 1 amide bonds. The smallest absolute Gasteiger partial charge is 0.251 e. The highest BCUT2D eigenvalue weighted by molar-refractivity contribution is 5.97. The molecule has 2 N–H and O–H groups in total. The Morgan fingerprint density at radius 3 is 3.00 bits per heavy atom. The number of nitrogens with one attached hydrogen (secondary N) is 2. The van der Waals surface area contributed by atoms with Gasteiger partial charge in [0.2, 0.25) is 0 Å². The van der Waals surface area contributed by atoms with Crippen LogP contribution in [-0.4, -0.2) is 29.0 Å². The summed E-state index contributed by atoms with van der Waals surface area (Å²) < 4.78 is 5.87. The minimum absolute atomic E-state index is 0.0570. The minimum Gasteiger partial charge on any atom is -0.373 e. The Balaban J connectivity index is 1.43. The summed E-state index contributed by atoms with van der Waals surface area (Å²) in [7, 11) is 0. The fourth-order valence-electron chi connectivity index (χ4n) is 3.26. The number of carbonyl (C=O) groups is 1. The number of amides is 1. The topological polar surface area (TPSA) is 67.0 Å². The van der Waals surface area contributed by atoms with Crippen molar-refractivity contribution in [1.82, 2.24) is 15.3 Å². The molecule has 2 heterocycles. The number of hydrogen-bond donors (Lipinski definition) is 2. The van der Waals surface area contributed by atoms with E-state index in [-0.39, 0.29) is 12.0 Å². The van der Waals surface area contributed by atoms with Crippen molar-refractivity contribution in [3.05, 3.63) is 66.0 Å². The molecule has 1 saturated heterocycles. The van der Waals surface area contributed by atoms with Gasteiger partial charge in [-0.05, 0) is 30.2 Å². The van der Waals surface area contributed by atoms with E-state index in [0.29, 0.717) is 18.0 Å². The largest absolute Gasteiger partial charge is 0.373 e. The van der Waals surface area contributed by atoms with Crippen molar-refractivity contribution in [3.63, 3.8) is 0 Å². The number of benzene rings is 2. The quantitative estimate of drug-likeness (QED) is 0.776. The molecular weight excluding hydrogens is 302 g/mol. The number of imidazole rings is 1. The number of rotatable bonds is 4. The maximum absolute atomic E-state index is 12.4. The third-order valence-electron chi connectivity index (χ3n) is 4.55. The van der Waals surface area contributed by atoms with Crippen molar-refractivity contribution in [3.8, 4) is 0 Å². The van der Waals surface area contributed by atoms with Gasteiger partial charge in [-0.15, -0.1) is 0 Å². The summed E-state index contributed by atoms with van der Waals surface area (Å²) in [6.45, 7) is 1.35. The fraction of sp³-hybridized carbons (Fsp3) is 0.263. The first-order valence-corrected chi connectivity index (χ1v) is 8.19. The third kappa shape index (κ3) is 2.90. The zero-order chi connectivity index (χ0) is 16.4. The highest BCUT2D eigenvalue weighted by Gasteiger charge is 2.29. The Hall–Kier alpha value is -2.66. The lowest BCUT2D eigenvalue weighted by molar-refractivity contribution is 0.0846. The molecular formula is C19H19N3O2. The van der Waals surface area contributed by atoms with Crippen molar-refractivity contribution in [2.45, 2.75) is 12.5 Å². The van der Waals surface area contributed by atoms with Crippen LogP contribution in [0.5, 0.6) is 0 Å². The highest BCUT2D eigenvalue weighted by atomic mass is 16.5. The predicted octanol–water partition coefficient (Wildman–Crippen LogP) is 3.07. The van der Waals surface area contributed by atoms with E-state index in [9.17, 15) is 4.79 Å². The molecule has 2 aromatic carbocycles. The molecule has 0 radical (unpaired) electrons. The van der Waals surface area contributed by atoms with E-state index in [0.717, 1.165) is 24.1 Å². The molecule has 0 aliphatic carbocycles. The summed E-state index contributed by atoms with van der Waals surface area (Å²) in [6.07, 6.45) is 2.65. The molecule has 1 aromatic heterocycles. The Bertz CT molecular complexity index is 844. The first-order chi connectivity index (χ1) is 11.8. The van der Waals surface area contributed by atoms with E-state index in [2.05, 4.69) is 27.4 Å². The summed E-state index contributed by atoms with van der Waals surface area (Å²) in [5.74, 6) is 0.234. The number of aromatic amines is 1. The minimum atomic E-state index is -0.0646. The molecule has 0 saturated carbocycles. The second-order valence-corrected chi connectivity index (χ2v) is 6.10. The molecule has 0 bridgehead atoms. The molecule has 1 aliphatic heterocycles. The number of nitrogens with zero attached hydrogens (tertiary/aromatic N) is 1. The number of carbonyl (C=O) groups excluding carboxylic acids is 1. The van der Waals surface area contributed by atoms with Crippen molar-refractivity contribution in [2.75, 3.05) is 13.2 Å². The second-order valence-electron chi connectivity index (χ2n) is 6.10. The zero-order valence-corrected chi connectivity index (χ0v) is 13.2. The Morgan fingerprint density at radius 2 is 2.12 bits per heavy atom. The Labute approximate surface area is 140 Å². The normalized spacial score (nSPS) is 20.3. The van der Waals surface area contributed by atoms with E-state index in [1.807, 2.05) is 30.3 Å². The van der Waals surface area contributed by atoms with Crippen LogP contribution in [0.2, 0.25) is 0 Å². The molecule has 24 heavy (non-hydrogen) atoms. The fourth-order valence-corrected chi connectivity index (χ4v) is 3.26. The molecule has 0 spiro atoms. The van der Waals surface area contributed by atoms with Crippen LogP contribution >= 0.6 is 0 Å². The molecule has 2 atom stereocenters. The van der Waals surface area contributed by atoms with E-state index >= 15 is 0 Å². The highest BCUT2D eigenvalue weighted by Crippen LogP contribution is 2.33. The monoisotopic (exact) mass is 321 g/mol. The average molecular weight is 321 g/mol. The molecule has 1 fully saturated rings. The van der Waals surface area contributed by atoms with Gasteiger partial charge >= 0.3 is 0 Å². The zero-order valence-electron chi connectivity index (χ0n) is 13.2. The summed E-state index contributed by atoms with van der Waals surface area (Å²) >= 11 is 0. The van der Waals surface area contributed by atoms with Crippen LogP contribution in [0.1, 0.15) is 28.4 Å². The standard InChI is InChI=1S/C19H19N3O2/c23-19(14-6-7-16-17(10-14)22-12-21-16)20-11-15-8-9-24-18(15)13-4-2-1-3-5-13/h1-7,10,12,15,18H,8-9,11H2,(H,20,23)(H,21,22). The van der Waals surface area contributed by atoms with Gasteiger partial charge in [-0.25, -0.2) is 4.98 Å². The molecule has 1 aliphatic rings. The predicted molar refractivity (Wildman–Crippen MR) is 91.7 cm³/mol. The van der Waals surface area contributed by atoms with Crippen molar-refractivity contribution in [2.24, 2.45) is 5.92 Å². The summed E-state index contributed by atoms with van der Waals surface area (Å²) in [5.41, 5.74) is 3.55. The van der Waals surface area contributed by atoms with Crippen molar-refractivity contribution in [1.29, 1.82) is 0 Å². The molecule has 5 heteroatoms. The van der Waals surface area contributed by atoms with Crippen LogP contribution in [0.3, 0.4) is 0 Å². The maximum atomic E-state index is 12.4. The van der Waals surface area contributed by atoms with Gasteiger partial charge in [0, 0.05) is 24.6 Å². The third-order valence-corrected chi connectivity index (χ3v) is 4.55. The number of aromatic nitrogens is 2. The SMILES string of the molecule is O=C(NCC1CCOC1c1ccccc1)c1ccc2nc[nH]c2c1. The lowest BCUT2D eigenvalue weighted by atomic mass is 9.95. The van der Waals surface area contributed by atoms with Gasteiger partial charge in [0.25, 0.3) is 5.91 Å². The van der Waals surface area contributed by atoms with Crippen LogP contribution in [0.25, 0.3) is 11.0 Å². The van der Waals surface area contributed by atoms with Crippen LogP contribution < -0.4 is 5.32 Å². The van der Waals surface area contributed by atoms with Gasteiger partial charge < -0.3 is 15.0 Å². The van der Waals surface area contributed by atoms with Crippen LogP contribution in [-0.2, 0) is 4.74 Å². The second kappa shape index (κ2) is 6.45. The lowest BCUT2D eigenvalue weighted by Crippen LogP contribution is -2.30. The van der Waals surface area contributed by atoms with Crippen molar-refractivity contribution >= 4 is 16.9 Å². The number of fused-ring (bicyclic) bond motifs is 1. The number of H-pyrrole nitrogens is 1. The van der Waals surface area contributed by atoms with E-state index in [1.54, 1.807) is 12.4 Å². The van der Waals surface area contributed by atoms with Gasteiger partial charge in [-0.3, -0.25) is 4.79 Å². The van der Waals surface area contributed by atoms with Crippen molar-refractivity contribution < 1.29 is 9.53 Å². The number of ether oxygens (including phenoxy) is 1. The van der Waals surface area contributed by atoms with Gasteiger partial charge in [-0.1, -0.05) is 30.3 Å². The molecule has 122 valence electrons. The molecule has 5 nitrogen and oxygen atoms in total. The van der Waals surface area contributed by atoms with Gasteiger partial charge in [0.1, 0.15) is 0 Å².